The fourth-order valence-corrected chi connectivity index (χ4v) is 0.802. The van der Waals surface area contributed by atoms with Crippen LogP contribution in [0.25, 0.3) is 0 Å². The second kappa shape index (κ2) is 3.12. The minimum absolute atomic E-state index is 0.224. The fourth-order valence-electron chi connectivity index (χ4n) is 0.802. The fraction of sp³-hybridized carbons (Fsp3) is 0. The van der Waals surface area contributed by atoms with Crippen LogP contribution in [-0.2, 0) is 0 Å². The van der Waals surface area contributed by atoms with Crippen molar-refractivity contribution in [1.29, 1.82) is 0 Å². The van der Waals surface area contributed by atoms with Gasteiger partial charge in [-0.3, -0.25) is 0 Å². The Bertz CT molecular complexity index is 378. The van der Waals surface area contributed by atoms with Gasteiger partial charge >= 0.3 is 5.97 Å². The lowest BCUT2D eigenvalue weighted by Crippen LogP contribution is -2.20. The number of carboxylic acid groups (broad SMARTS) is 1. The maximum absolute atomic E-state index is 12.8. The van der Waals surface area contributed by atoms with Crippen LogP contribution in [0.1, 0.15) is 10.4 Å². The molecule has 0 aromatic heterocycles. The Morgan fingerprint density at radius 3 is 2.31 bits per heavy atom. The molecule has 0 bridgehead atoms. The molecular formula is C7H2BF3O2. The van der Waals surface area contributed by atoms with Crippen LogP contribution >= 0.6 is 0 Å². The first-order chi connectivity index (χ1) is 5.95. The Morgan fingerprint density at radius 1 is 1.31 bits per heavy atom. The van der Waals surface area contributed by atoms with Gasteiger partial charge in [-0.15, -0.1) is 0 Å². The van der Waals surface area contributed by atoms with Gasteiger partial charge in [-0.2, -0.15) is 0 Å². The molecule has 13 heavy (non-hydrogen) atoms. The van der Waals surface area contributed by atoms with E-state index in [1.807, 2.05) is 0 Å². The average molecular weight is 186 g/mol. The molecule has 0 atom stereocenters. The largest absolute Gasteiger partial charge is 0.477 e. The Labute approximate surface area is 72.4 Å². The van der Waals surface area contributed by atoms with Gasteiger partial charge in [-0.05, 0) is 5.46 Å². The quantitative estimate of drug-likeness (QED) is 0.651. The molecule has 0 saturated heterocycles. The molecule has 0 aliphatic rings. The second-order valence-electron chi connectivity index (χ2n) is 2.25. The Morgan fingerprint density at radius 2 is 1.85 bits per heavy atom. The number of hydrogen-bond acceptors (Lipinski definition) is 1. The SMILES string of the molecule is [B]c1c(F)cc(F)c(C(=O)O)c1F. The first-order valence-corrected chi connectivity index (χ1v) is 3.11. The third-order valence-electron chi connectivity index (χ3n) is 1.42. The van der Waals surface area contributed by atoms with E-state index in [4.69, 9.17) is 13.0 Å². The van der Waals surface area contributed by atoms with Crippen molar-refractivity contribution in [2.75, 3.05) is 0 Å². The monoisotopic (exact) mass is 186 g/mol. The molecule has 0 unspecified atom stereocenters. The van der Waals surface area contributed by atoms with Crippen LogP contribution in [0.5, 0.6) is 0 Å². The lowest BCUT2D eigenvalue weighted by molar-refractivity contribution is 0.0686. The van der Waals surface area contributed by atoms with Crippen LogP contribution in [0.15, 0.2) is 6.07 Å². The second-order valence-corrected chi connectivity index (χ2v) is 2.25. The number of hydrogen-bond donors (Lipinski definition) is 1. The first kappa shape index (κ1) is 9.63. The molecule has 1 rings (SSSR count). The molecule has 0 heterocycles. The lowest BCUT2D eigenvalue weighted by atomic mass is 9.92. The van der Waals surface area contributed by atoms with Gasteiger partial charge in [0.25, 0.3) is 0 Å². The average Bonchev–Trinajstić information content (AvgIpc) is 1.99. The molecular weight excluding hydrogens is 184 g/mol. The summed E-state index contributed by atoms with van der Waals surface area (Å²) in [5.74, 6) is -6.23. The molecule has 0 saturated carbocycles. The van der Waals surface area contributed by atoms with E-state index in [0.717, 1.165) is 0 Å². The summed E-state index contributed by atoms with van der Waals surface area (Å²) in [7, 11) is 4.81. The maximum atomic E-state index is 12.8. The standard InChI is InChI=1S/C7H2BF3O2/c8-5-3(10)1-2(9)4(6(5)11)7(12)13/h1H,(H,12,13). The zero-order valence-corrected chi connectivity index (χ0v) is 6.14. The Hall–Kier alpha value is -1.46. The van der Waals surface area contributed by atoms with Crippen molar-refractivity contribution in [1.82, 2.24) is 0 Å². The van der Waals surface area contributed by atoms with Crippen LogP contribution in [0.2, 0.25) is 0 Å². The summed E-state index contributed by atoms with van der Waals surface area (Å²) in [6.45, 7) is 0. The first-order valence-electron chi connectivity index (χ1n) is 3.11. The van der Waals surface area contributed by atoms with Crippen molar-refractivity contribution in [3.05, 3.63) is 29.1 Å². The summed E-state index contributed by atoms with van der Waals surface area (Å²) in [6, 6.07) is 0.224. The lowest BCUT2D eigenvalue weighted by Gasteiger charge is -2.03. The van der Waals surface area contributed by atoms with Crippen LogP contribution < -0.4 is 5.46 Å². The van der Waals surface area contributed by atoms with E-state index in [9.17, 15) is 18.0 Å². The number of halogens is 3. The predicted molar refractivity (Wildman–Crippen MR) is 38.7 cm³/mol. The van der Waals surface area contributed by atoms with Crippen molar-refractivity contribution >= 4 is 19.3 Å². The molecule has 0 aliphatic heterocycles. The molecule has 0 amide bonds. The zero-order valence-electron chi connectivity index (χ0n) is 6.14. The topological polar surface area (TPSA) is 37.3 Å². The number of carbonyl (C=O) groups is 1. The Balaban J connectivity index is 3.53. The van der Waals surface area contributed by atoms with E-state index >= 15 is 0 Å². The molecule has 1 aromatic rings. The van der Waals surface area contributed by atoms with Crippen molar-refractivity contribution in [3.63, 3.8) is 0 Å². The molecule has 1 N–H and O–H groups in total. The summed E-state index contributed by atoms with van der Waals surface area (Å²) >= 11 is 0. The number of rotatable bonds is 1. The van der Waals surface area contributed by atoms with Gasteiger partial charge in [0, 0.05) is 6.07 Å². The van der Waals surface area contributed by atoms with Gasteiger partial charge in [-0.1, -0.05) is 0 Å². The Kier molecular flexibility index (Phi) is 2.31. The molecule has 0 aliphatic carbocycles. The van der Waals surface area contributed by atoms with Gasteiger partial charge in [-0.25, -0.2) is 18.0 Å². The smallest absolute Gasteiger partial charge is 0.341 e. The van der Waals surface area contributed by atoms with Crippen LogP contribution in [-0.4, -0.2) is 18.9 Å². The van der Waals surface area contributed by atoms with Gasteiger partial charge < -0.3 is 5.11 Å². The van der Waals surface area contributed by atoms with Gasteiger partial charge in [0.1, 0.15) is 30.9 Å². The number of carboxylic acids is 1. The molecule has 1 aromatic carbocycles. The van der Waals surface area contributed by atoms with Crippen molar-refractivity contribution in [2.45, 2.75) is 0 Å². The van der Waals surface area contributed by atoms with Crippen LogP contribution in [0.3, 0.4) is 0 Å². The van der Waals surface area contributed by atoms with E-state index in [0.29, 0.717) is 0 Å². The maximum Gasteiger partial charge on any atom is 0.341 e. The van der Waals surface area contributed by atoms with Crippen molar-refractivity contribution in [3.8, 4) is 0 Å². The molecule has 2 nitrogen and oxygen atoms in total. The van der Waals surface area contributed by atoms with E-state index in [2.05, 4.69) is 0 Å². The van der Waals surface area contributed by atoms with E-state index in [-0.39, 0.29) is 6.07 Å². The number of aromatic carboxylic acids is 1. The third kappa shape index (κ3) is 1.51. The van der Waals surface area contributed by atoms with E-state index in [1.54, 1.807) is 0 Å². The number of benzene rings is 1. The zero-order chi connectivity index (χ0) is 10.2. The van der Waals surface area contributed by atoms with Crippen LogP contribution in [0, 0.1) is 17.5 Å². The highest BCUT2D eigenvalue weighted by Gasteiger charge is 2.20. The molecule has 6 heteroatoms. The summed E-state index contributed by atoms with van der Waals surface area (Å²) in [4.78, 5) is 10.2. The summed E-state index contributed by atoms with van der Waals surface area (Å²) < 4.78 is 37.9. The minimum atomic E-state index is -1.83. The highest BCUT2D eigenvalue weighted by atomic mass is 19.1. The van der Waals surface area contributed by atoms with Crippen molar-refractivity contribution < 1.29 is 23.1 Å². The van der Waals surface area contributed by atoms with Crippen LogP contribution in [0.4, 0.5) is 13.2 Å². The van der Waals surface area contributed by atoms with E-state index in [1.165, 1.54) is 0 Å². The van der Waals surface area contributed by atoms with Crippen molar-refractivity contribution in [2.24, 2.45) is 0 Å². The summed E-state index contributed by atoms with van der Waals surface area (Å²) in [6.07, 6.45) is 0. The molecule has 2 radical (unpaired) electrons. The summed E-state index contributed by atoms with van der Waals surface area (Å²) in [5.41, 5.74) is -2.25. The molecule has 0 fully saturated rings. The predicted octanol–water partition coefficient (Wildman–Crippen LogP) is 0.596. The normalized spacial score (nSPS) is 10.1. The highest BCUT2D eigenvalue weighted by molar-refractivity contribution is 6.33. The van der Waals surface area contributed by atoms with Gasteiger partial charge in [0.05, 0.1) is 0 Å². The molecule has 66 valence electrons. The minimum Gasteiger partial charge on any atom is -0.477 e. The van der Waals surface area contributed by atoms with Gasteiger partial charge in [0.2, 0.25) is 0 Å². The summed E-state index contributed by atoms with van der Waals surface area (Å²) in [5, 5.41) is 8.30. The van der Waals surface area contributed by atoms with Gasteiger partial charge in [0.15, 0.2) is 0 Å². The highest BCUT2D eigenvalue weighted by Crippen LogP contribution is 2.11. The third-order valence-corrected chi connectivity index (χ3v) is 1.42. The molecule has 0 spiro atoms. The van der Waals surface area contributed by atoms with E-state index < -0.39 is 34.4 Å².